The van der Waals surface area contributed by atoms with Gasteiger partial charge in [-0.25, -0.2) is 0 Å². The first-order valence-electron chi connectivity index (χ1n) is 19.8. The highest BCUT2D eigenvalue weighted by Crippen LogP contribution is 2.17. The molecule has 0 aliphatic carbocycles. The van der Waals surface area contributed by atoms with Crippen molar-refractivity contribution in [2.75, 3.05) is 13.1 Å². The molecular weight excluding hydrogens is 526 g/mol. The largest absolute Gasteiger partial charge is 0.338 e. The third kappa shape index (κ3) is 24.9. The lowest BCUT2D eigenvalue weighted by atomic mass is 10.0. The van der Waals surface area contributed by atoms with Gasteiger partial charge >= 0.3 is 0 Å². The molecule has 0 saturated heterocycles. The number of hydrogen-bond acceptors (Lipinski definition) is 3. The zero-order valence-corrected chi connectivity index (χ0v) is 29.7. The smallest absolute Gasteiger partial charge is 0.221 e. The summed E-state index contributed by atoms with van der Waals surface area (Å²) in [6, 6.07) is 0. The van der Waals surface area contributed by atoms with Crippen LogP contribution in [0.25, 0.3) is 0 Å². The Hall–Kier alpha value is -1.06. The highest BCUT2D eigenvalue weighted by molar-refractivity contribution is 5.84. The zero-order valence-electron chi connectivity index (χ0n) is 29.7. The van der Waals surface area contributed by atoms with Crippen molar-refractivity contribution in [1.29, 1.82) is 0 Å². The van der Waals surface area contributed by atoms with Crippen molar-refractivity contribution in [3.8, 4) is 0 Å². The number of hydrogen-bond donors (Lipinski definition) is 1. The predicted molar refractivity (Wildman–Crippen MR) is 191 cm³/mol. The Bertz CT molecular complexity index is 634. The number of amidine groups is 1. The van der Waals surface area contributed by atoms with Crippen LogP contribution in [0.5, 0.6) is 0 Å². The van der Waals surface area contributed by atoms with Crippen molar-refractivity contribution < 1.29 is 4.79 Å². The number of aliphatic imine (C=N–C) groups is 1. The standard InChI is InChI=1S/C39H77N3O/c1-4-6-8-10-12-14-16-18-20-21-23-25-27-29-31-33-38-40-35-36-42(38)37(3)41-39(43)34-32-30-28-26-24-22-19-17-15-13-11-9-7-5-2/h37H,4-36H2,1-3H3,(H,41,43). The van der Waals surface area contributed by atoms with Crippen LogP contribution in [-0.2, 0) is 4.79 Å². The van der Waals surface area contributed by atoms with Gasteiger partial charge in [0.05, 0.1) is 12.7 Å². The third-order valence-electron chi connectivity index (χ3n) is 9.57. The Morgan fingerprint density at radius 2 is 0.930 bits per heavy atom. The van der Waals surface area contributed by atoms with Gasteiger partial charge in [-0.05, 0) is 19.8 Å². The summed E-state index contributed by atoms with van der Waals surface area (Å²) in [5, 5.41) is 3.26. The van der Waals surface area contributed by atoms with Crippen LogP contribution in [0, 0.1) is 0 Å². The van der Waals surface area contributed by atoms with E-state index in [2.05, 4.69) is 31.0 Å². The quantitative estimate of drug-likeness (QED) is 0.0758. The first kappa shape index (κ1) is 40.0. The average Bonchev–Trinajstić information content (AvgIpc) is 3.48. The second-order valence-electron chi connectivity index (χ2n) is 13.8. The van der Waals surface area contributed by atoms with Crippen molar-refractivity contribution in [3.05, 3.63) is 0 Å². The minimum Gasteiger partial charge on any atom is -0.338 e. The Balaban J connectivity index is 1.93. The molecule has 1 aliphatic rings. The van der Waals surface area contributed by atoms with E-state index < -0.39 is 0 Å². The van der Waals surface area contributed by atoms with Crippen LogP contribution < -0.4 is 5.32 Å². The fraction of sp³-hybridized carbons (Fsp3) is 0.949. The molecule has 1 aliphatic heterocycles. The molecule has 0 spiro atoms. The lowest BCUT2D eigenvalue weighted by Crippen LogP contribution is -2.47. The molecule has 43 heavy (non-hydrogen) atoms. The maximum Gasteiger partial charge on any atom is 0.221 e. The van der Waals surface area contributed by atoms with Crippen LogP contribution in [-0.4, -0.2) is 35.9 Å². The highest BCUT2D eigenvalue weighted by atomic mass is 16.1. The minimum atomic E-state index is 0.0664. The fourth-order valence-electron chi connectivity index (χ4n) is 6.66. The average molecular weight is 604 g/mol. The van der Waals surface area contributed by atoms with E-state index in [1.54, 1.807) is 0 Å². The molecule has 1 unspecified atom stereocenters. The van der Waals surface area contributed by atoms with Gasteiger partial charge in [-0.15, -0.1) is 0 Å². The molecule has 1 amide bonds. The van der Waals surface area contributed by atoms with Gasteiger partial charge in [0, 0.05) is 19.4 Å². The number of carbonyl (C=O) groups excluding carboxylic acids is 1. The molecular formula is C39H77N3O. The van der Waals surface area contributed by atoms with E-state index >= 15 is 0 Å². The second-order valence-corrected chi connectivity index (χ2v) is 13.8. The van der Waals surface area contributed by atoms with Crippen molar-refractivity contribution in [3.63, 3.8) is 0 Å². The normalized spacial score (nSPS) is 13.9. The monoisotopic (exact) mass is 604 g/mol. The van der Waals surface area contributed by atoms with Crippen molar-refractivity contribution in [2.24, 2.45) is 4.99 Å². The molecule has 4 heteroatoms. The first-order valence-corrected chi connectivity index (χ1v) is 19.8. The molecule has 0 aromatic rings. The molecule has 0 fully saturated rings. The van der Waals surface area contributed by atoms with Gasteiger partial charge in [-0.3, -0.25) is 9.79 Å². The lowest BCUT2D eigenvalue weighted by molar-refractivity contribution is -0.122. The van der Waals surface area contributed by atoms with Crippen LogP contribution in [0.1, 0.15) is 220 Å². The Morgan fingerprint density at radius 1 is 0.581 bits per heavy atom. The molecule has 1 heterocycles. The van der Waals surface area contributed by atoms with Crippen LogP contribution in [0.15, 0.2) is 4.99 Å². The summed E-state index contributed by atoms with van der Waals surface area (Å²) in [5.41, 5.74) is 0. The van der Waals surface area contributed by atoms with Gasteiger partial charge in [0.15, 0.2) is 0 Å². The van der Waals surface area contributed by atoms with E-state index in [1.165, 1.54) is 186 Å². The minimum absolute atomic E-state index is 0.0664. The summed E-state index contributed by atoms with van der Waals surface area (Å²) in [6.07, 6.45) is 41.7. The Morgan fingerprint density at radius 3 is 1.33 bits per heavy atom. The number of carbonyl (C=O) groups is 1. The number of nitrogens with one attached hydrogen (secondary N) is 1. The van der Waals surface area contributed by atoms with E-state index in [0.717, 1.165) is 25.9 Å². The molecule has 254 valence electrons. The molecule has 0 radical (unpaired) electrons. The van der Waals surface area contributed by atoms with Crippen molar-refractivity contribution in [2.45, 2.75) is 226 Å². The van der Waals surface area contributed by atoms with Gasteiger partial charge in [0.1, 0.15) is 5.84 Å². The first-order chi connectivity index (χ1) is 21.2. The van der Waals surface area contributed by atoms with Crippen LogP contribution in [0.3, 0.4) is 0 Å². The van der Waals surface area contributed by atoms with Gasteiger partial charge in [-0.1, -0.05) is 187 Å². The summed E-state index contributed by atoms with van der Waals surface area (Å²) in [5.74, 6) is 1.43. The van der Waals surface area contributed by atoms with E-state index in [0.29, 0.717) is 6.42 Å². The number of rotatable bonds is 33. The molecule has 1 N–H and O–H groups in total. The molecule has 4 nitrogen and oxygen atoms in total. The maximum absolute atomic E-state index is 12.6. The SMILES string of the molecule is CCCCCCCCCCCCCCCCCC1=NCCN1C(C)NC(=O)CCCCCCCCCCCCCCCC. The summed E-state index contributed by atoms with van der Waals surface area (Å²) in [6.45, 7) is 8.55. The van der Waals surface area contributed by atoms with Gasteiger partial charge in [0.2, 0.25) is 5.91 Å². The molecule has 0 aromatic carbocycles. The van der Waals surface area contributed by atoms with Gasteiger partial charge in [-0.2, -0.15) is 0 Å². The third-order valence-corrected chi connectivity index (χ3v) is 9.57. The van der Waals surface area contributed by atoms with Gasteiger partial charge < -0.3 is 10.2 Å². The van der Waals surface area contributed by atoms with Crippen LogP contribution >= 0.6 is 0 Å². The van der Waals surface area contributed by atoms with E-state index in [9.17, 15) is 4.79 Å². The summed E-state index contributed by atoms with van der Waals surface area (Å²) in [7, 11) is 0. The number of nitrogens with zero attached hydrogens (tertiary/aromatic N) is 2. The Labute approximate surface area is 270 Å². The zero-order chi connectivity index (χ0) is 31.1. The number of amides is 1. The topological polar surface area (TPSA) is 44.7 Å². The summed E-state index contributed by atoms with van der Waals surface area (Å²) < 4.78 is 0. The van der Waals surface area contributed by atoms with Gasteiger partial charge in [0.25, 0.3) is 0 Å². The Kier molecular flexibility index (Phi) is 28.8. The fourth-order valence-corrected chi connectivity index (χ4v) is 6.66. The van der Waals surface area contributed by atoms with E-state index in [1.807, 2.05) is 0 Å². The maximum atomic E-state index is 12.6. The van der Waals surface area contributed by atoms with E-state index in [4.69, 9.17) is 4.99 Å². The van der Waals surface area contributed by atoms with Crippen LogP contribution in [0.2, 0.25) is 0 Å². The number of unbranched alkanes of at least 4 members (excludes halogenated alkanes) is 27. The lowest BCUT2D eigenvalue weighted by Gasteiger charge is -2.28. The van der Waals surface area contributed by atoms with Crippen molar-refractivity contribution in [1.82, 2.24) is 10.2 Å². The summed E-state index contributed by atoms with van der Waals surface area (Å²) in [4.78, 5) is 19.7. The summed E-state index contributed by atoms with van der Waals surface area (Å²) >= 11 is 0. The predicted octanol–water partition coefficient (Wildman–Crippen LogP) is 12.3. The highest BCUT2D eigenvalue weighted by Gasteiger charge is 2.22. The van der Waals surface area contributed by atoms with E-state index in [-0.39, 0.29) is 12.1 Å². The molecule has 1 atom stereocenters. The molecule has 0 bridgehead atoms. The molecule has 0 saturated carbocycles. The second kappa shape index (κ2) is 30.9. The molecule has 1 rings (SSSR count). The van der Waals surface area contributed by atoms with Crippen LogP contribution in [0.4, 0.5) is 0 Å². The molecule has 0 aromatic heterocycles. The van der Waals surface area contributed by atoms with Crippen molar-refractivity contribution >= 4 is 11.7 Å².